The highest BCUT2D eigenvalue weighted by molar-refractivity contribution is 5.79. The summed E-state index contributed by atoms with van der Waals surface area (Å²) in [4.78, 5) is 14.4. The molecule has 2 saturated heterocycles. The molecule has 2 heterocycles. The number of hydrogen-bond donors (Lipinski definition) is 0. The summed E-state index contributed by atoms with van der Waals surface area (Å²) in [6, 6.07) is 2.37. The van der Waals surface area contributed by atoms with Crippen molar-refractivity contribution in [1.82, 2.24) is 4.90 Å². The summed E-state index contributed by atoms with van der Waals surface area (Å²) in [5, 5.41) is 9.10. The lowest BCUT2D eigenvalue weighted by Gasteiger charge is -2.38. The fraction of sp³-hybridized carbons (Fsp3) is 0.857. The predicted octanol–water partition coefficient (Wildman–Crippen LogP) is 1.81. The van der Waals surface area contributed by atoms with Crippen LogP contribution in [0.5, 0.6) is 0 Å². The fourth-order valence-electron chi connectivity index (χ4n) is 2.81. The van der Waals surface area contributed by atoms with Gasteiger partial charge in [-0.25, -0.2) is 0 Å². The maximum Gasteiger partial charge on any atom is 0.226 e. The van der Waals surface area contributed by atoms with Crippen LogP contribution in [-0.2, 0) is 9.53 Å². The van der Waals surface area contributed by atoms with Gasteiger partial charge in [-0.15, -0.1) is 0 Å². The SMILES string of the molecule is CC1COCCC1C(=O)N1CCC(C)(C#N)CC1. The molecule has 2 aliphatic heterocycles. The Morgan fingerprint density at radius 3 is 2.67 bits per heavy atom. The van der Waals surface area contributed by atoms with Crippen molar-refractivity contribution < 1.29 is 9.53 Å². The second-order valence-electron chi connectivity index (χ2n) is 5.95. The topological polar surface area (TPSA) is 53.3 Å². The van der Waals surface area contributed by atoms with Crippen LogP contribution in [0.15, 0.2) is 0 Å². The van der Waals surface area contributed by atoms with Gasteiger partial charge >= 0.3 is 0 Å². The predicted molar refractivity (Wildman–Crippen MR) is 67.6 cm³/mol. The maximum atomic E-state index is 12.5. The Hall–Kier alpha value is -1.08. The van der Waals surface area contributed by atoms with Gasteiger partial charge in [-0.05, 0) is 32.1 Å². The molecule has 100 valence electrons. The molecular formula is C14H22N2O2. The highest BCUT2D eigenvalue weighted by Gasteiger charge is 2.36. The molecule has 18 heavy (non-hydrogen) atoms. The fourth-order valence-corrected chi connectivity index (χ4v) is 2.81. The van der Waals surface area contributed by atoms with E-state index in [0.29, 0.717) is 19.1 Å². The van der Waals surface area contributed by atoms with E-state index in [1.54, 1.807) is 0 Å². The minimum Gasteiger partial charge on any atom is -0.381 e. The molecule has 0 saturated carbocycles. The minimum absolute atomic E-state index is 0.116. The van der Waals surface area contributed by atoms with Crippen molar-refractivity contribution in [2.75, 3.05) is 26.3 Å². The summed E-state index contributed by atoms with van der Waals surface area (Å²) in [5.74, 6) is 0.700. The van der Waals surface area contributed by atoms with E-state index in [1.807, 2.05) is 11.8 Å². The molecule has 0 N–H and O–H groups in total. The number of carbonyl (C=O) groups is 1. The third kappa shape index (κ3) is 2.67. The summed E-state index contributed by atoms with van der Waals surface area (Å²) in [6.45, 7) is 6.93. The highest BCUT2D eigenvalue weighted by atomic mass is 16.5. The Kier molecular flexibility index (Phi) is 3.91. The molecule has 0 aromatic rings. The van der Waals surface area contributed by atoms with Gasteiger partial charge in [0, 0.05) is 32.2 Å². The molecule has 4 heteroatoms. The summed E-state index contributed by atoms with van der Waals surface area (Å²) in [7, 11) is 0. The Morgan fingerprint density at radius 1 is 1.44 bits per heavy atom. The number of ether oxygens (including phenoxy) is 1. The van der Waals surface area contributed by atoms with Crippen LogP contribution >= 0.6 is 0 Å². The van der Waals surface area contributed by atoms with Gasteiger partial charge in [0.2, 0.25) is 5.91 Å². The molecule has 0 aromatic heterocycles. The van der Waals surface area contributed by atoms with E-state index in [1.165, 1.54) is 0 Å². The lowest BCUT2D eigenvalue weighted by Crippen LogP contribution is -2.47. The molecule has 0 radical (unpaired) electrons. The van der Waals surface area contributed by atoms with Crippen LogP contribution in [0.25, 0.3) is 0 Å². The van der Waals surface area contributed by atoms with Crippen molar-refractivity contribution in [3.8, 4) is 6.07 Å². The van der Waals surface area contributed by atoms with Gasteiger partial charge < -0.3 is 9.64 Å². The Balaban J connectivity index is 1.93. The van der Waals surface area contributed by atoms with Crippen molar-refractivity contribution >= 4 is 5.91 Å². The van der Waals surface area contributed by atoms with Gasteiger partial charge in [0.25, 0.3) is 0 Å². The largest absolute Gasteiger partial charge is 0.381 e. The molecule has 0 aromatic carbocycles. The monoisotopic (exact) mass is 250 g/mol. The zero-order valence-electron chi connectivity index (χ0n) is 11.3. The summed E-state index contributed by atoms with van der Waals surface area (Å²) < 4.78 is 5.39. The minimum atomic E-state index is -0.238. The number of hydrogen-bond acceptors (Lipinski definition) is 3. The van der Waals surface area contributed by atoms with Crippen molar-refractivity contribution in [2.24, 2.45) is 17.3 Å². The average molecular weight is 250 g/mol. The maximum absolute atomic E-state index is 12.5. The lowest BCUT2D eigenvalue weighted by molar-refractivity contribution is -0.143. The second-order valence-corrected chi connectivity index (χ2v) is 5.95. The number of piperidine rings is 1. The number of nitrogens with zero attached hydrogens (tertiary/aromatic N) is 2. The number of amides is 1. The van der Waals surface area contributed by atoms with Crippen molar-refractivity contribution in [2.45, 2.75) is 33.1 Å². The average Bonchev–Trinajstić information content (AvgIpc) is 2.39. The first-order chi connectivity index (χ1) is 8.56. The highest BCUT2D eigenvalue weighted by Crippen LogP contribution is 2.32. The number of likely N-dealkylation sites (tertiary alicyclic amines) is 1. The van der Waals surface area contributed by atoms with Crippen LogP contribution in [0.3, 0.4) is 0 Å². The standard InChI is InChI=1S/C14H22N2O2/c1-11-9-18-8-3-12(11)13(17)16-6-4-14(2,10-15)5-7-16/h11-12H,3-9H2,1-2H3. The first kappa shape index (κ1) is 13.4. The summed E-state index contributed by atoms with van der Waals surface area (Å²) >= 11 is 0. The number of carbonyl (C=O) groups excluding carboxylic acids is 1. The summed E-state index contributed by atoms with van der Waals surface area (Å²) in [5.41, 5.74) is -0.238. The van der Waals surface area contributed by atoms with E-state index >= 15 is 0 Å². The molecule has 0 aliphatic carbocycles. The van der Waals surface area contributed by atoms with Gasteiger partial charge in [-0.1, -0.05) is 6.92 Å². The van der Waals surface area contributed by atoms with E-state index in [9.17, 15) is 4.79 Å². The van der Waals surface area contributed by atoms with E-state index in [-0.39, 0.29) is 17.2 Å². The zero-order valence-corrected chi connectivity index (χ0v) is 11.3. The third-order valence-electron chi connectivity index (χ3n) is 4.41. The van der Waals surface area contributed by atoms with Crippen LogP contribution in [0.4, 0.5) is 0 Å². The van der Waals surface area contributed by atoms with Crippen LogP contribution in [0, 0.1) is 28.6 Å². The third-order valence-corrected chi connectivity index (χ3v) is 4.41. The van der Waals surface area contributed by atoms with E-state index < -0.39 is 0 Å². The molecule has 2 unspecified atom stereocenters. The Morgan fingerprint density at radius 2 is 2.11 bits per heavy atom. The lowest BCUT2D eigenvalue weighted by atomic mass is 9.81. The Bertz CT molecular complexity index is 353. The van der Waals surface area contributed by atoms with E-state index in [0.717, 1.165) is 32.4 Å². The Labute approximate surface area is 109 Å². The molecule has 1 amide bonds. The zero-order chi connectivity index (χ0) is 13.2. The van der Waals surface area contributed by atoms with Crippen molar-refractivity contribution in [1.29, 1.82) is 5.26 Å². The quantitative estimate of drug-likeness (QED) is 0.713. The molecule has 2 rings (SSSR count). The smallest absolute Gasteiger partial charge is 0.226 e. The van der Waals surface area contributed by atoms with E-state index in [4.69, 9.17) is 10.00 Å². The van der Waals surface area contributed by atoms with Crippen molar-refractivity contribution in [3.63, 3.8) is 0 Å². The first-order valence-electron chi connectivity index (χ1n) is 6.83. The molecular weight excluding hydrogens is 228 g/mol. The molecule has 0 bridgehead atoms. The van der Waals surface area contributed by atoms with Gasteiger partial charge in [0.15, 0.2) is 0 Å². The van der Waals surface area contributed by atoms with Gasteiger partial charge in [-0.3, -0.25) is 4.79 Å². The van der Waals surface area contributed by atoms with Gasteiger partial charge in [-0.2, -0.15) is 5.26 Å². The summed E-state index contributed by atoms with van der Waals surface area (Å²) in [6.07, 6.45) is 2.44. The second kappa shape index (κ2) is 5.27. The number of rotatable bonds is 1. The van der Waals surface area contributed by atoms with Crippen molar-refractivity contribution in [3.05, 3.63) is 0 Å². The number of nitriles is 1. The van der Waals surface area contributed by atoms with Gasteiger partial charge in [0.1, 0.15) is 0 Å². The first-order valence-corrected chi connectivity index (χ1v) is 6.83. The normalized spacial score (nSPS) is 31.7. The molecule has 2 atom stereocenters. The van der Waals surface area contributed by atoms with Crippen LogP contribution < -0.4 is 0 Å². The van der Waals surface area contributed by atoms with Crippen LogP contribution in [0.2, 0.25) is 0 Å². The molecule has 2 fully saturated rings. The molecule has 2 aliphatic rings. The van der Waals surface area contributed by atoms with Crippen LogP contribution in [0.1, 0.15) is 33.1 Å². The van der Waals surface area contributed by atoms with Gasteiger partial charge in [0.05, 0.1) is 11.5 Å². The van der Waals surface area contributed by atoms with E-state index in [2.05, 4.69) is 13.0 Å². The van der Waals surface area contributed by atoms with Crippen LogP contribution in [-0.4, -0.2) is 37.1 Å². The molecule has 0 spiro atoms. The molecule has 4 nitrogen and oxygen atoms in total.